The Kier molecular flexibility index (Phi) is 6.66. The number of rotatable bonds is 8. The zero-order chi connectivity index (χ0) is 23.6. The van der Waals surface area contributed by atoms with Crippen molar-refractivity contribution in [3.63, 3.8) is 0 Å². The van der Waals surface area contributed by atoms with Crippen LogP contribution in [0.2, 0.25) is 5.02 Å². The van der Waals surface area contributed by atoms with Crippen LogP contribution in [0.5, 0.6) is 0 Å². The predicted octanol–water partition coefficient (Wildman–Crippen LogP) is 3.16. The minimum absolute atomic E-state index is 0.0908. The van der Waals surface area contributed by atoms with Crippen LogP contribution >= 0.6 is 11.6 Å². The molecule has 1 aromatic heterocycles. The second-order valence-corrected chi connectivity index (χ2v) is 9.52. The first-order valence-electron chi connectivity index (χ1n) is 10.1. The summed E-state index contributed by atoms with van der Waals surface area (Å²) in [5.41, 5.74) is 2.85. The van der Waals surface area contributed by atoms with Crippen LogP contribution in [-0.4, -0.2) is 24.2 Å². The number of hydrogen-bond acceptors (Lipinski definition) is 4. The molecule has 0 aliphatic heterocycles. The summed E-state index contributed by atoms with van der Waals surface area (Å²) < 4.78 is 39.9. The van der Waals surface area contributed by atoms with Gasteiger partial charge < -0.3 is 10.6 Å². The molecule has 0 atom stereocenters. The van der Waals surface area contributed by atoms with E-state index >= 15 is 0 Å². The van der Waals surface area contributed by atoms with Crippen molar-refractivity contribution in [2.45, 2.75) is 31.8 Å². The second kappa shape index (κ2) is 9.48. The SMILES string of the molecule is NS(=O)(=O)NCc1ccc(NC(=O)NCc2cc(C3CC3)nn2-c2cccc(Cl)c2)cc1F. The molecule has 0 spiro atoms. The predicted molar refractivity (Wildman–Crippen MR) is 123 cm³/mol. The van der Waals surface area contributed by atoms with Crippen molar-refractivity contribution in [2.75, 3.05) is 5.32 Å². The van der Waals surface area contributed by atoms with E-state index in [1.165, 1.54) is 12.1 Å². The average molecular weight is 493 g/mol. The number of benzene rings is 2. The van der Waals surface area contributed by atoms with Gasteiger partial charge >= 0.3 is 6.03 Å². The average Bonchev–Trinajstić information content (AvgIpc) is 3.50. The van der Waals surface area contributed by atoms with Gasteiger partial charge in [0.05, 0.1) is 23.6 Å². The van der Waals surface area contributed by atoms with Gasteiger partial charge in [-0.15, -0.1) is 0 Å². The summed E-state index contributed by atoms with van der Waals surface area (Å²) in [5, 5.41) is 15.4. The van der Waals surface area contributed by atoms with E-state index in [1.807, 2.05) is 22.9 Å². The summed E-state index contributed by atoms with van der Waals surface area (Å²) in [5.74, 6) is -0.250. The molecule has 2 amide bonds. The summed E-state index contributed by atoms with van der Waals surface area (Å²) >= 11 is 6.12. The molecule has 4 rings (SSSR count). The number of urea groups is 1. The number of halogens is 2. The summed E-state index contributed by atoms with van der Waals surface area (Å²) in [7, 11) is -3.94. The first kappa shape index (κ1) is 23.2. The molecule has 9 nitrogen and oxygen atoms in total. The zero-order valence-corrected chi connectivity index (χ0v) is 19.0. The molecule has 12 heteroatoms. The first-order chi connectivity index (χ1) is 15.7. The Hall–Kier alpha value is -2.99. The number of nitrogens with two attached hydrogens (primary N) is 1. The van der Waals surface area contributed by atoms with Gasteiger partial charge in [-0.05, 0) is 49.2 Å². The molecule has 0 saturated heterocycles. The minimum atomic E-state index is -3.94. The van der Waals surface area contributed by atoms with Crippen molar-refractivity contribution in [1.82, 2.24) is 19.8 Å². The fourth-order valence-corrected chi connectivity index (χ4v) is 3.81. The van der Waals surface area contributed by atoms with Gasteiger partial charge in [-0.3, -0.25) is 0 Å². The first-order valence-corrected chi connectivity index (χ1v) is 12.1. The molecule has 5 N–H and O–H groups in total. The van der Waals surface area contributed by atoms with Gasteiger partial charge in [-0.25, -0.2) is 19.0 Å². The van der Waals surface area contributed by atoms with E-state index in [2.05, 4.69) is 15.7 Å². The van der Waals surface area contributed by atoms with Gasteiger partial charge in [0.15, 0.2) is 0 Å². The molecule has 1 aliphatic rings. The molecule has 174 valence electrons. The molecule has 1 saturated carbocycles. The number of amides is 2. The summed E-state index contributed by atoms with van der Waals surface area (Å²) in [6.07, 6.45) is 2.18. The van der Waals surface area contributed by atoms with Crippen molar-refractivity contribution in [1.29, 1.82) is 0 Å². The van der Waals surface area contributed by atoms with Gasteiger partial charge in [-0.1, -0.05) is 23.7 Å². The molecule has 2 aromatic carbocycles. The lowest BCUT2D eigenvalue weighted by Gasteiger charge is -2.11. The monoisotopic (exact) mass is 492 g/mol. The fraction of sp³-hybridized carbons (Fsp3) is 0.238. The lowest BCUT2D eigenvalue weighted by Crippen LogP contribution is -2.30. The third kappa shape index (κ3) is 6.29. The highest BCUT2D eigenvalue weighted by Crippen LogP contribution is 2.39. The minimum Gasteiger partial charge on any atom is -0.332 e. The largest absolute Gasteiger partial charge is 0.332 e. The third-order valence-electron chi connectivity index (χ3n) is 5.06. The van der Waals surface area contributed by atoms with E-state index in [9.17, 15) is 17.6 Å². The van der Waals surface area contributed by atoms with Gasteiger partial charge in [0.2, 0.25) is 0 Å². The molecular formula is C21H22ClFN6O3S. The van der Waals surface area contributed by atoms with E-state index in [0.29, 0.717) is 10.9 Å². The zero-order valence-electron chi connectivity index (χ0n) is 17.4. The van der Waals surface area contributed by atoms with Crippen molar-refractivity contribution < 1.29 is 17.6 Å². The number of nitrogens with zero attached hydrogens (tertiary/aromatic N) is 2. The number of hydrogen-bond donors (Lipinski definition) is 4. The van der Waals surface area contributed by atoms with E-state index in [4.69, 9.17) is 16.7 Å². The number of carbonyl (C=O) groups excluding carboxylic acids is 1. The molecule has 33 heavy (non-hydrogen) atoms. The van der Waals surface area contributed by atoms with Crippen molar-refractivity contribution >= 4 is 33.5 Å². The van der Waals surface area contributed by atoms with Crippen LogP contribution in [0.25, 0.3) is 5.69 Å². The Morgan fingerprint density at radius 2 is 1.97 bits per heavy atom. The van der Waals surface area contributed by atoms with Crippen LogP contribution in [0, 0.1) is 5.82 Å². The molecule has 0 unspecified atom stereocenters. The van der Waals surface area contributed by atoms with Crippen LogP contribution in [0.15, 0.2) is 48.5 Å². The van der Waals surface area contributed by atoms with Crippen molar-refractivity contribution in [2.24, 2.45) is 5.14 Å². The number of nitrogens with one attached hydrogen (secondary N) is 3. The molecule has 0 radical (unpaired) electrons. The maximum atomic E-state index is 14.2. The Bertz CT molecular complexity index is 1290. The smallest absolute Gasteiger partial charge is 0.319 e. The van der Waals surface area contributed by atoms with E-state index in [-0.39, 0.29) is 24.3 Å². The molecule has 1 heterocycles. The number of carbonyl (C=O) groups is 1. The Morgan fingerprint density at radius 3 is 2.64 bits per heavy atom. The Balaban J connectivity index is 1.41. The van der Waals surface area contributed by atoms with Gasteiger partial charge in [0.1, 0.15) is 5.82 Å². The quantitative estimate of drug-likeness (QED) is 0.384. The standard InChI is InChI=1S/C21H22ClFN6O3S/c22-15-2-1-3-17(8-15)29-18(10-20(28-29)13-4-5-13)12-25-21(30)27-16-7-6-14(19(23)9-16)11-26-33(24,31)32/h1-3,6-10,13,26H,4-5,11-12H2,(H2,24,31,32)(H2,25,27,30). The summed E-state index contributed by atoms with van der Waals surface area (Å²) in [4.78, 5) is 12.4. The molecular weight excluding hydrogens is 471 g/mol. The van der Waals surface area contributed by atoms with Crippen LogP contribution < -0.4 is 20.5 Å². The van der Waals surface area contributed by atoms with Crippen LogP contribution in [-0.2, 0) is 23.3 Å². The molecule has 0 bridgehead atoms. The van der Waals surface area contributed by atoms with Crippen molar-refractivity contribution in [3.8, 4) is 5.69 Å². The van der Waals surface area contributed by atoms with E-state index < -0.39 is 22.1 Å². The van der Waals surface area contributed by atoms with Gasteiger partial charge in [-0.2, -0.15) is 18.2 Å². The third-order valence-corrected chi connectivity index (χ3v) is 5.84. The lowest BCUT2D eigenvalue weighted by molar-refractivity contribution is 0.251. The number of anilines is 1. The van der Waals surface area contributed by atoms with Gasteiger partial charge in [0.25, 0.3) is 10.2 Å². The number of aromatic nitrogens is 2. The summed E-state index contributed by atoms with van der Waals surface area (Å²) in [6, 6.07) is 12.6. The maximum Gasteiger partial charge on any atom is 0.319 e. The maximum absolute atomic E-state index is 14.2. The van der Waals surface area contributed by atoms with E-state index in [1.54, 1.807) is 16.8 Å². The second-order valence-electron chi connectivity index (χ2n) is 7.71. The van der Waals surface area contributed by atoms with E-state index in [0.717, 1.165) is 36.0 Å². The van der Waals surface area contributed by atoms with Crippen molar-refractivity contribution in [3.05, 3.63) is 76.3 Å². The summed E-state index contributed by atoms with van der Waals surface area (Å²) in [6.45, 7) is -0.106. The molecule has 1 fully saturated rings. The topological polar surface area (TPSA) is 131 Å². The van der Waals surface area contributed by atoms with Gasteiger partial charge in [0, 0.05) is 28.7 Å². The van der Waals surface area contributed by atoms with Crippen LogP contribution in [0.4, 0.5) is 14.9 Å². The highest BCUT2D eigenvalue weighted by Gasteiger charge is 2.27. The molecule has 1 aliphatic carbocycles. The molecule has 3 aromatic rings. The lowest BCUT2D eigenvalue weighted by atomic mass is 10.2. The highest BCUT2D eigenvalue weighted by molar-refractivity contribution is 7.87. The highest BCUT2D eigenvalue weighted by atomic mass is 35.5. The Morgan fingerprint density at radius 1 is 1.18 bits per heavy atom. The van der Waals surface area contributed by atoms with Crippen LogP contribution in [0.1, 0.15) is 35.7 Å². The van der Waals surface area contributed by atoms with Crippen LogP contribution in [0.3, 0.4) is 0 Å². The normalized spacial score (nSPS) is 13.7. The fourth-order valence-electron chi connectivity index (χ4n) is 3.27. The Labute approximate surface area is 195 Å².